The topological polar surface area (TPSA) is 41.6 Å². The van der Waals surface area contributed by atoms with E-state index in [-0.39, 0.29) is 0 Å². The highest BCUT2D eigenvalue weighted by Gasteiger charge is 2.00. The fourth-order valence-electron chi connectivity index (χ4n) is 1.73. The summed E-state index contributed by atoms with van der Waals surface area (Å²) in [7, 11) is 3.99. The summed E-state index contributed by atoms with van der Waals surface area (Å²) in [5.41, 5.74) is 11.0. The Morgan fingerprint density at radius 1 is 1.05 bits per heavy atom. The average molecular weight is 253 g/mol. The first-order valence-corrected chi connectivity index (χ1v) is 6.24. The fourth-order valence-corrected chi connectivity index (χ4v) is 1.73. The number of aliphatic imine (C=N–C) groups is 1. The Kier molecular flexibility index (Phi) is 3.85. The number of benzene rings is 2. The molecule has 0 saturated heterocycles. The third-order valence-corrected chi connectivity index (χ3v) is 2.97. The van der Waals surface area contributed by atoms with Crippen LogP contribution in [0.25, 0.3) is 0 Å². The molecular weight excluding hydrogens is 234 g/mol. The van der Waals surface area contributed by atoms with Crippen molar-refractivity contribution < 1.29 is 0 Å². The minimum atomic E-state index is 0.738. The first-order valence-electron chi connectivity index (χ1n) is 6.24. The predicted molar refractivity (Wildman–Crippen MR) is 83.6 cm³/mol. The van der Waals surface area contributed by atoms with E-state index in [2.05, 4.69) is 11.9 Å². The van der Waals surface area contributed by atoms with Gasteiger partial charge in [0.15, 0.2) is 0 Å². The molecule has 0 aliphatic rings. The van der Waals surface area contributed by atoms with Gasteiger partial charge in [-0.3, -0.25) is 4.99 Å². The van der Waals surface area contributed by atoms with Crippen molar-refractivity contribution in [2.24, 2.45) is 4.99 Å². The smallest absolute Gasteiger partial charge is 0.0630 e. The molecule has 0 radical (unpaired) electrons. The van der Waals surface area contributed by atoms with Crippen LogP contribution < -0.4 is 10.6 Å². The molecule has 0 amide bonds. The van der Waals surface area contributed by atoms with Crippen LogP contribution in [0.1, 0.15) is 11.1 Å². The number of hydrogen-bond acceptors (Lipinski definition) is 3. The number of rotatable bonds is 3. The van der Waals surface area contributed by atoms with Gasteiger partial charge in [0.1, 0.15) is 0 Å². The molecule has 0 bridgehead atoms. The highest BCUT2D eigenvalue weighted by Crippen LogP contribution is 2.20. The molecule has 2 aromatic rings. The highest BCUT2D eigenvalue weighted by atomic mass is 15.1. The molecule has 2 N–H and O–H groups in total. The monoisotopic (exact) mass is 253 g/mol. The minimum absolute atomic E-state index is 0.738. The summed E-state index contributed by atoms with van der Waals surface area (Å²) in [5, 5.41) is 0. The number of nitrogen functional groups attached to an aromatic ring is 1. The molecule has 3 heteroatoms. The molecule has 0 aliphatic carbocycles. The maximum Gasteiger partial charge on any atom is 0.0630 e. The molecule has 0 aromatic heterocycles. The number of hydrogen-bond donors (Lipinski definition) is 1. The van der Waals surface area contributed by atoms with Crippen LogP contribution >= 0.6 is 0 Å². The van der Waals surface area contributed by atoms with Crippen LogP contribution in [0.15, 0.2) is 47.5 Å². The number of nitrogens with zero attached hydrogens (tertiary/aromatic N) is 2. The van der Waals surface area contributed by atoms with Crippen molar-refractivity contribution in [3.05, 3.63) is 53.6 Å². The van der Waals surface area contributed by atoms with Gasteiger partial charge in [0.25, 0.3) is 0 Å². The molecule has 19 heavy (non-hydrogen) atoms. The molecule has 0 atom stereocenters. The standard InChI is InChI=1S/C16H19N3/c1-12-4-7-14(8-5-12)18-11-13-6-9-15(19(2)3)10-16(13)17/h4-11H,17H2,1-3H3. The summed E-state index contributed by atoms with van der Waals surface area (Å²) in [6, 6.07) is 14.1. The fraction of sp³-hybridized carbons (Fsp3) is 0.188. The summed E-state index contributed by atoms with van der Waals surface area (Å²) < 4.78 is 0. The van der Waals surface area contributed by atoms with Crippen LogP contribution in [0, 0.1) is 6.92 Å². The van der Waals surface area contributed by atoms with E-state index < -0.39 is 0 Å². The predicted octanol–water partition coefficient (Wildman–Crippen LogP) is 3.39. The second-order valence-corrected chi connectivity index (χ2v) is 4.80. The number of nitrogens with two attached hydrogens (primary N) is 1. The van der Waals surface area contributed by atoms with Gasteiger partial charge in [0.05, 0.1) is 5.69 Å². The van der Waals surface area contributed by atoms with Gasteiger partial charge in [-0.2, -0.15) is 0 Å². The van der Waals surface area contributed by atoms with E-state index in [4.69, 9.17) is 5.73 Å². The van der Waals surface area contributed by atoms with Gasteiger partial charge in [-0.05, 0) is 37.3 Å². The van der Waals surface area contributed by atoms with Crippen LogP contribution in [0.5, 0.6) is 0 Å². The molecular formula is C16H19N3. The van der Waals surface area contributed by atoms with E-state index in [1.54, 1.807) is 6.21 Å². The van der Waals surface area contributed by atoms with Crippen LogP contribution in [-0.4, -0.2) is 20.3 Å². The molecule has 0 aliphatic heterocycles. The van der Waals surface area contributed by atoms with E-state index >= 15 is 0 Å². The van der Waals surface area contributed by atoms with Crippen LogP contribution in [-0.2, 0) is 0 Å². The van der Waals surface area contributed by atoms with Gasteiger partial charge in [0, 0.05) is 37.2 Å². The molecule has 98 valence electrons. The van der Waals surface area contributed by atoms with Crippen molar-refractivity contribution in [3.8, 4) is 0 Å². The van der Waals surface area contributed by atoms with Crippen molar-refractivity contribution in [3.63, 3.8) is 0 Å². The lowest BCUT2D eigenvalue weighted by Gasteiger charge is -2.13. The first kappa shape index (κ1) is 13.1. The summed E-state index contributed by atoms with van der Waals surface area (Å²) in [6.07, 6.45) is 1.80. The summed E-state index contributed by atoms with van der Waals surface area (Å²) in [4.78, 5) is 6.46. The van der Waals surface area contributed by atoms with Crippen LogP contribution in [0.2, 0.25) is 0 Å². The normalized spacial score (nSPS) is 10.9. The molecule has 2 aromatic carbocycles. The van der Waals surface area contributed by atoms with Gasteiger partial charge >= 0.3 is 0 Å². The largest absolute Gasteiger partial charge is 0.398 e. The van der Waals surface area contributed by atoms with Gasteiger partial charge < -0.3 is 10.6 Å². The van der Waals surface area contributed by atoms with Crippen molar-refractivity contribution in [1.29, 1.82) is 0 Å². The molecule has 0 heterocycles. The Morgan fingerprint density at radius 2 is 1.74 bits per heavy atom. The van der Waals surface area contributed by atoms with Crippen molar-refractivity contribution in [2.75, 3.05) is 24.7 Å². The highest BCUT2D eigenvalue weighted by molar-refractivity contribution is 5.89. The zero-order valence-corrected chi connectivity index (χ0v) is 11.6. The molecule has 2 rings (SSSR count). The van der Waals surface area contributed by atoms with Gasteiger partial charge in [-0.25, -0.2) is 0 Å². The van der Waals surface area contributed by atoms with Crippen molar-refractivity contribution >= 4 is 23.3 Å². The van der Waals surface area contributed by atoms with Gasteiger partial charge in [-0.1, -0.05) is 17.7 Å². The lowest BCUT2D eigenvalue weighted by atomic mass is 10.1. The Morgan fingerprint density at radius 3 is 2.32 bits per heavy atom. The maximum atomic E-state index is 6.03. The van der Waals surface area contributed by atoms with E-state index in [0.717, 1.165) is 22.6 Å². The van der Waals surface area contributed by atoms with Gasteiger partial charge in [0.2, 0.25) is 0 Å². The lowest BCUT2D eigenvalue weighted by molar-refractivity contribution is 1.13. The second-order valence-electron chi connectivity index (χ2n) is 4.80. The third kappa shape index (κ3) is 3.35. The maximum absolute atomic E-state index is 6.03. The molecule has 3 nitrogen and oxygen atoms in total. The second kappa shape index (κ2) is 5.57. The molecule has 0 fully saturated rings. The minimum Gasteiger partial charge on any atom is -0.398 e. The summed E-state index contributed by atoms with van der Waals surface area (Å²) >= 11 is 0. The Bertz CT molecular complexity index is 583. The van der Waals surface area contributed by atoms with Crippen molar-refractivity contribution in [2.45, 2.75) is 6.92 Å². The van der Waals surface area contributed by atoms with E-state index in [9.17, 15) is 0 Å². The Hall–Kier alpha value is -2.29. The van der Waals surface area contributed by atoms with Crippen LogP contribution in [0.4, 0.5) is 17.1 Å². The zero-order valence-electron chi connectivity index (χ0n) is 11.6. The SMILES string of the molecule is Cc1ccc(N=Cc2ccc(N(C)C)cc2N)cc1. The number of anilines is 2. The number of aryl methyl sites for hydroxylation is 1. The molecule has 0 spiro atoms. The Balaban J connectivity index is 2.21. The van der Waals surface area contributed by atoms with E-state index in [0.29, 0.717) is 0 Å². The van der Waals surface area contributed by atoms with E-state index in [1.165, 1.54) is 5.56 Å². The summed E-state index contributed by atoms with van der Waals surface area (Å²) in [5.74, 6) is 0. The molecule has 0 saturated carbocycles. The van der Waals surface area contributed by atoms with Gasteiger partial charge in [-0.15, -0.1) is 0 Å². The van der Waals surface area contributed by atoms with E-state index in [1.807, 2.05) is 61.5 Å². The Labute approximate surface area is 114 Å². The third-order valence-electron chi connectivity index (χ3n) is 2.97. The first-order chi connectivity index (χ1) is 9.06. The van der Waals surface area contributed by atoms with Crippen LogP contribution in [0.3, 0.4) is 0 Å². The zero-order chi connectivity index (χ0) is 13.8. The quantitative estimate of drug-likeness (QED) is 0.673. The average Bonchev–Trinajstić information content (AvgIpc) is 2.39. The molecule has 0 unspecified atom stereocenters. The summed E-state index contributed by atoms with van der Waals surface area (Å²) in [6.45, 7) is 2.06. The van der Waals surface area contributed by atoms with Crippen molar-refractivity contribution in [1.82, 2.24) is 0 Å². The lowest BCUT2D eigenvalue weighted by Crippen LogP contribution is -2.09.